The van der Waals surface area contributed by atoms with E-state index < -0.39 is 5.78 Å². The van der Waals surface area contributed by atoms with Crippen molar-refractivity contribution in [1.29, 1.82) is 0 Å². The third-order valence-electron chi connectivity index (χ3n) is 4.16. The van der Waals surface area contributed by atoms with Crippen LogP contribution in [0.2, 0.25) is 10.0 Å². The van der Waals surface area contributed by atoms with Gasteiger partial charge in [-0.2, -0.15) is 5.10 Å². The standard InChI is InChI=1S/C17H17Cl2N3O4/c1-2-22-17(25)11(7-20-22)15(24)10-4-5-12(18)16(14(10)19)26-8-9-3-6-13(23)21-9/h4-5,7,9,25H,2-3,6,8H2,1H3,(H,21,23)/t9-/m0/s1. The number of nitrogens with one attached hydrogen (secondary N) is 1. The van der Waals surface area contributed by atoms with E-state index in [2.05, 4.69) is 10.4 Å². The highest BCUT2D eigenvalue weighted by Gasteiger charge is 2.25. The van der Waals surface area contributed by atoms with Gasteiger partial charge >= 0.3 is 0 Å². The molecule has 1 atom stereocenters. The zero-order chi connectivity index (χ0) is 18.8. The Morgan fingerprint density at radius 2 is 2.19 bits per heavy atom. The molecule has 1 aliphatic heterocycles. The Bertz CT molecular complexity index is 866. The Morgan fingerprint density at radius 3 is 2.81 bits per heavy atom. The Morgan fingerprint density at radius 1 is 1.42 bits per heavy atom. The number of rotatable bonds is 6. The molecule has 1 fully saturated rings. The highest BCUT2D eigenvalue weighted by molar-refractivity contribution is 6.40. The van der Waals surface area contributed by atoms with E-state index in [1.165, 1.54) is 23.0 Å². The molecule has 138 valence electrons. The van der Waals surface area contributed by atoms with Crippen LogP contribution in [0.5, 0.6) is 11.6 Å². The molecule has 1 aromatic carbocycles. The number of halogens is 2. The summed E-state index contributed by atoms with van der Waals surface area (Å²) in [5, 5.41) is 17.1. The van der Waals surface area contributed by atoms with E-state index in [1.807, 2.05) is 0 Å². The molecule has 7 nitrogen and oxygen atoms in total. The second-order valence-corrected chi connectivity index (χ2v) is 6.66. The maximum Gasteiger partial charge on any atom is 0.220 e. The average Bonchev–Trinajstić information content (AvgIpc) is 3.19. The molecule has 2 N–H and O–H groups in total. The fourth-order valence-corrected chi connectivity index (χ4v) is 3.31. The van der Waals surface area contributed by atoms with Gasteiger partial charge in [-0.3, -0.25) is 9.59 Å². The lowest BCUT2D eigenvalue weighted by molar-refractivity contribution is -0.119. The van der Waals surface area contributed by atoms with E-state index in [4.69, 9.17) is 27.9 Å². The van der Waals surface area contributed by atoms with E-state index >= 15 is 0 Å². The Kier molecular flexibility index (Phi) is 5.38. The topological polar surface area (TPSA) is 93.5 Å². The molecule has 2 aromatic rings. The van der Waals surface area contributed by atoms with Crippen LogP contribution in [0.3, 0.4) is 0 Å². The molecule has 1 aliphatic rings. The molecule has 1 amide bonds. The molecule has 0 saturated carbocycles. The van der Waals surface area contributed by atoms with Crippen molar-refractivity contribution >= 4 is 34.9 Å². The first-order valence-corrected chi connectivity index (χ1v) is 8.87. The molecule has 9 heteroatoms. The van der Waals surface area contributed by atoms with Crippen LogP contribution in [0.1, 0.15) is 35.7 Å². The van der Waals surface area contributed by atoms with Gasteiger partial charge in [-0.15, -0.1) is 0 Å². The Balaban J connectivity index is 1.85. The molecule has 0 radical (unpaired) electrons. The van der Waals surface area contributed by atoms with Gasteiger partial charge < -0.3 is 15.2 Å². The van der Waals surface area contributed by atoms with Crippen LogP contribution >= 0.6 is 23.2 Å². The lowest BCUT2D eigenvalue weighted by Gasteiger charge is -2.15. The van der Waals surface area contributed by atoms with Crippen LogP contribution in [0, 0.1) is 0 Å². The first-order chi connectivity index (χ1) is 12.4. The van der Waals surface area contributed by atoms with Crippen LogP contribution < -0.4 is 10.1 Å². The van der Waals surface area contributed by atoms with Crippen LogP contribution in [0.4, 0.5) is 0 Å². The molecule has 0 bridgehead atoms. The number of hydrogen-bond acceptors (Lipinski definition) is 5. The number of ketones is 1. The number of hydrogen-bond donors (Lipinski definition) is 2. The van der Waals surface area contributed by atoms with E-state index in [0.29, 0.717) is 19.4 Å². The van der Waals surface area contributed by atoms with Crippen molar-refractivity contribution in [2.24, 2.45) is 0 Å². The second-order valence-electron chi connectivity index (χ2n) is 5.88. The summed E-state index contributed by atoms with van der Waals surface area (Å²) in [5.74, 6) is -0.562. The minimum atomic E-state index is -0.483. The summed E-state index contributed by atoms with van der Waals surface area (Å²) >= 11 is 12.5. The first-order valence-electron chi connectivity index (χ1n) is 8.12. The fraction of sp³-hybridized carbons (Fsp3) is 0.353. The normalized spacial score (nSPS) is 16.6. The maximum atomic E-state index is 12.7. The predicted octanol–water partition coefficient (Wildman–Crippen LogP) is 2.80. The maximum absolute atomic E-state index is 12.7. The van der Waals surface area contributed by atoms with Gasteiger partial charge in [-0.25, -0.2) is 4.68 Å². The molecule has 1 saturated heterocycles. The molecule has 2 heterocycles. The van der Waals surface area contributed by atoms with Gasteiger partial charge in [0.25, 0.3) is 0 Å². The summed E-state index contributed by atoms with van der Waals surface area (Å²) < 4.78 is 6.97. The molecular formula is C17H17Cl2N3O4. The molecule has 0 spiro atoms. The number of nitrogens with zero attached hydrogens (tertiary/aromatic N) is 2. The van der Waals surface area contributed by atoms with Gasteiger partial charge in [0.2, 0.25) is 17.6 Å². The number of aryl methyl sites for hydroxylation is 1. The third-order valence-corrected chi connectivity index (χ3v) is 4.84. The van der Waals surface area contributed by atoms with Gasteiger partial charge in [0.05, 0.1) is 22.3 Å². The van der Waals surface area contributed by atoms with Crippen molar-refractivity contribution in [3.05, 3.63) is 39.5 Å². The highest BCUT2D eigenvalue weighted by atomic mass is 35.5. The highest BCUT2D eigenvalue weighted by Crippen LogP contribution is 2.37. The van der Waals surface area contributed by atoms with Crippen molar-refractivity contribution in [3.63, 3.8) is 0 Å². The summed E-state index contributed by atoms with van der Waals surface area (Å²) in [4.78, 5) is 24.0. The molecule has 1 aromatic heterocycles. The fourth-order valence-electron chi connectivity index (χ4n) is 2.74. The number of aromatic hydroxyl groups is 1. The average molecular weight is 398 g/mol. The van der Waals surface area contributed by atoms with Crippen molar-refractivity contribution in [2.75, 3.05) is 6.61 Å². The number of amides is 1. The van der Waals surface area contributed by atoms with E-state index in [0.717, 1.165) is 0 Å². The van der Waals surface area contributed by atoms with Gasteiger partial charge in [0.15, 0.2) is 5.75 Å². The van der Waals surface area contributed by atoms with Gasteiger partial charge in [-0.1, -0.05) is 23.2 Å². The van der Waals surface area contributed by atoms with Crippen molar-refractivity contribution < 1.29 is 19.4 Å². The summed E-state index contributed by atoms with van der Waals surface area (Å²) in [7, 11) is 0. The quantitative estimate of drug-likeness (QED) is 0.730. The Labute approximate surface area is 159 Å². The lowest BCUT2D eigenvalue weighted by atomic mass is 10.1. The molecule has 0 aliphatic carbocycles. The SMILES string of the molecule is CCn1ncc(C(=O)c2ccc(Cl)c(OC[C@@H]3CCC(=O)N3)c2Cl)c1O. The van der Waals surface area contributed by atoms with Crippen molar-refractivity contribution in [2.45, 2.75) is 32.4 Å². The van der Waals surface area contributed by atoms with Crippen LogP contribution in [-0.2, 0) is 11.3 Å². The summed E-state index contributed by atoms with van der Waals surface area (Å²) in [6.45, 7) is 2.42. The zero-order valence-corrected chi connectivity index (χ0v) is 15.5. The molecule has 26 heavy (non-hydrogen) atoms. The summed E-state index contributed by atoms with van der Waals surface area (Å²) in [5.41, 5.74) is 0.192. The van der Waals surface area contributed by atoms with Crippen LogP contribution in [0.15, 0.2) is 18.3 Å². The number of benzene rings is 1. The first kappa shape index (κ1) is 18.5. The monoisotopic (exact) mass is 397 g/mol. The Hall–Kier alpha value is -2.25. The van der Waals surface area contributed by atoms with E-state index in [1.54, 1.807) is 6.92 Å². The van der Waals surface area contributed by atoms with Gasteiger partial charge in [-0.05, 0) is 25.5 Å². The summed E-state index contributed by atoms with van der Waals surface area (Å²) in [6.07, 6.45) is 2.41. The number of carbonyl (C=O) groups excluding carboxylic acids is 2. The third kappa shape index (κ3) is 3.50. The lowest BCUT2D eigenvalue weighted by Crippen LogP contribution is -2.31. The van der Waals surface area contributed by atoms with E-state index in [-0.39, 0.29) is 51.4 Å². The number of carbonyl (C=O) groups is 2. The minimum absolute atomic E-state index is 0.0249. The van der Waals surface area contributed by atoms with Crippen molar-refractivity contribution in [3.8, 4) is 11.6 Å². The van der Waals surface area contributed by atoms with Crippen LogP contribution in [-0.4, -0.2) is 39.2 Å². The predicted molar refractivity (Wildman–Crippen MR) is 96.1 cm³/mol. The molecule has 0 unspecified atom stereocenters. The smallest absolute Gasteiger partial charge is 0.220 e. The van der Waals surface area contributed by atoms with Crippen molar-refractivity contribution in [1.82, 2.24) is 15.1 Å². The zero-order valence-electron chi connectivity index (χ0n) is 14.0. The molecule has 3 rings (SSSR count). The number of ether oxygens (including phenoxy) is 1. The van der Waals surface area contributed by atoms with Gasteiger partial charge in [0, 0.05) is 18.5 Å². The minimum Gasteiger partial charge on any atom is -0.493 e. The van der Waals surface area contributed by atoms with Gasteiger partial charge in [0.1, 0.15) is 12.2 Å². The molecular weight excluding hydrogens is 381 g/mol. The van der Waals surface area contributed by atoms with Crippen LogP contribution in [0.25, 0.3) is 0 Å². The number of aromatic nitrogens is 2. The van der Waals surface area contributed by atoms with E-state index in [9.17, 15) is 14.7 Å². The second kappa shape index (κ2) is 7.55. The largest absolute Gasteiger partial charge is 0.493 e. The summed E-state index contributed by atoms with van der Waals surface area (Å²) in [6, 6.07) is 2.85.